The van der Waals surface area contributed by atoms with Crippen LogP contribution in [-0.4, -0.2) is 11.2 Å². The highest BCUT2D eigenvalue weighted by molar-refractivity contribution is 9.10. The standard InChI is InChI=1S/C21H31BrO2/c1-5-6-7-10-17-13-18(24-14(2)3)19(21(23)20(17)22)16-11-8-9-15(4)12-16/h12-14,16,23H,5-11H2,1-4H3/t16-/m0/s1. The van der Waals surface area contributed by atoms with Gasteiger partial charge >= 0.3 is 0 Å². The Morgan fingerprint density at radius 1 is 1.33 bits per heavy atom. The molecule has 1 atom stereocenters. The van der Waals surface area contributed by atoms with E-state index in [1.54, 1.807) is 0 Å². The smallest absolute Gasteiger partial charge is 0.137 e. The van der Waals surface area contributed by atoms with Gasteiger partial charge in [-0.2, -0.15) is 0 Å². The van der Waals surface area contributed by atoms with Crippen LogP contribution in [0.3, 0.4) is 0 Å². The zero-order valence-corrected chi connectivity index (χ0v) is 17.1. The highest BCUT2D eigenvalue weighted by atomic mass is 79.9. The molecule has 0 heterocycles. The number of allylic oxidation sites excluding steroid dienone is 2. The van der Waals surface area contributed by atoms with Crippen molar-refractivity contribution in [3.8, 4) is 11.5 Å². The van der Waals surface area contributed by atoms with Gasteiger partial charge < -0.3 is 9.84 Å². The molecule has 1 aromatic rings. The van der Waals surface area contributed by atoms with Crippen molar-refractivity contribution in [3.05, 3.63) is 33.3 Å². The van der Waals surface area contributed by atoms with Gasteiger partial charge in [0.2, 0.25) is 0 Å². The molecule has 0 radical (unpaired) electrons. The van der Waals surface area contributed by atoms with Crippen molar-refractivity contribution in [1.29, 1.82) is 0 Å². The van der Waals surface area contributed by atoms with Crippen molar-refractivity contribution >= 4 is 15.9 Å². The minimum Gasteiger partial charge on any atom is -0.506 e. The van der Waals surface area contributed by atoms with Crippen molar-refractivity contribution < 1.29 is 9.84 Å². The molecule has 0 fully saturated rings. The van der Waals surface area contributed by atoms with Gasteiger partial charge in [0.25, 0.3) is 0 Å². The van der Waals surface area contributed by atoms with E-state index in [0.29, 0.717) is 5.75 Å². The summed E-state index contributed by atoms with van der Waals surface area (Å²) >= 11 is 3.64. The third-order valence-electron chi connectivity index (χ3n) is 4.67. The lowest BCUT2D eigenvalue weighted by molar-refractivity contribution is 0.237. The zero-order chi connectivity index (χ0) is 17.7. The van der Waals surface area contributed by atoms with Crippen molar-refractivity contribution in [2.75, 3.05) is 0 Å². The van der Waals surface area contributed by atoms with Crippen molar-refractivity contribution in [1.82, 2.24) is 0 Å². The van der Waals surface area contributed by atoms with E-state index in [1.807, 2.05) is 13.8 Å². The molecule has 0 aromatic heterocycles. The first-order chi connectivity index (χ1) is 11.4. The van der Waals surface area contributed by atoms with Crippen LogP contribution in [-0.2, 0) is 6.42 Å². The van der Waals surface area contributed by atoms with E-state index in [9.17, 15) is 5.11 Å². The van der Waals surface area contributed by atoms with Crippen LogP contribution in [0.1, 0.15) is 83.3 Å². The predicted molar refractivity (Wildman–Crippen MR) is 105 cm³/mol. The zero-order valence-electron chi connectivity index (χ0n) is 15.5. The van der Waals surface area contributed by atoms with Gasteiger partial charge in [-0.1, -0.05) is 31.4 Å². The van der Waals surface area contributed by atoms with Crippen LogP contribution < -0.4 is 4.74 Å². The van der Waals surface area contributed by atoms with Crippen LogP contribution in [0.2, 0.25) is 0 Å². The summed E-state index contributed by atoms with van der Waals surface area (Å²) in [4.78, 5) is 0. The number of benzene rings is 1. The summed E-state index contributed by atoms with van der Waals surface area (Å²) < 4.78 is 6.95. The van der Waals surface area contributed by atoms with Crippen LogP contribution >= 0.6 is 15.9 Å². The largest absolute Gasteiger partial charge is 0.506 e. The van der Waals surface area contributed by atoms with Crippen LogP contribution in [0.15, 0.2) is 22.2 Å². The summed E-state index contributed by atoms with van der Waals surface area (Å²) in [7, 11) is 0. The number of phenols is 1. The van der Waals surface area contributed by atoms with Crippen LogP contribution in [0.4, 0.5) is 0 Å². The maximum Gasteiger partial charge on any atom is 0.137 e. The van der Waals surface area contributed by atoms with E-state index in [2.05, 4.69) is 41.9 Å². The van der Waals surface area contributed by atoms with E-state index in [-0.39, 0.29) is 12.0 Å². The second-order valence-electron chi connectivity index (χ2n) is 7.25. The molecular formula is C21H31BrO2. The quantitative estimate of drug-likeness (QED) is 0.402. The van der Waals surface area contributed by atoms with E-state index < -0.39 is 0 Å². The number of halogens is 1. The highest BCUT2D eigenvalue weighted by Crippen LogP contribution is 2.46. The second kappa shape index (κ2) is 8.94. The average molecular weight is 395 g/mol. The Morgan fingerprint density at radius 3 is 2.71 bits per heavy atom. The topological polar surface area (TPSA) is 29.5 Å². The number of aromatic hydroxyl groups is 1. The molecule has 0 aliphatic heterocycles. The summed E-state index contributed by atoms with van der Waals surface area (Å²) in [6.45, 7) is 8.48. The van der Waals surface area contributed by atoms with Gasteiger partial charge in [0, 0.05) is 11.5 Å². The third-order valence-corrected chi connectivity index (χ3v) is 5.56. The molecule has 1 aromatic carbocycles. The fourth-order valence-corrected chi connectivity index (χ4v) is 4.01. The molecule has 24 heavy (non-hydrogen) atoms. The van der Waals surface area contributed by atoms with Gasteiger partial charge in [-0.3, -0.25) is 0 Å². The third kappa shape index (κ3) is 4.78. The Bertz CT molecular complexity index is 590. The Balaban J connectivity index is 2.44. The molecule has 1 N–H and O–H groups in total. The van der Waals surface area contributed by atoms with Crippen LogP contribution in [0.5, 0.6) is 11.5 Å². The summed E-state index contributed by atoms with van der Waals surface area (Å²) in [5.74, 6) is 1.47. The molecule has 0 unspecified atom stereocenters. The Labute approximate surface area is 155 Å². The molecule has 2 nitrogen and oxygen atoms in total. The first-order valence-electron chi connectivity index (χ1n) is 9.32. The SMILES string of the molecule is CCCCCc1cc(OC(C)C)c([C@@H]2C=C(C)CCC2)c(O)c1Br. The summed E-state index contributed by atoms with van der Waals surface area (Å²) in [6, 6.07) is 2.15. The predicted octanol–water partition coefficient (Wildman–Crippen LogP) is 6.89. The number of rotatable bonds is 7. The highest BCUT2D eigenvalue weighted by Gasteiger charge is 2.25. The number of unbranched alkanes of at least 4 members (excludes halogenated alkanes) is 2. The van der Waals surface area contributed by atoms with Crippen molar-refractivity contribution in [2.45, 2.75) is 84.7 Å². The normalized spacial score (nSPS) is 17.9. The van der Waals surface area contributed by atoms with Crippen molar-refractivity contribution in [2.24, 2.45) is 0 Å². The van der Waals surface area contributed by atoms with E-state index in [4.69, 9.17) is 4.74 Å². The molecule has 0 saturated carbocycles. The average Bonchev–Trinajstić information content (AvgIpc) is 2.52. The first kappa shape index (κ1) is 19.4. The van der Waals surface area contributed by atoms with Gasteiger partial charge in [-0.25, -0.2) is 0 Å². The fraction of sp³-hybridized carbons (Fsp3) is 0.619. The van der Waals surface area contributed by atoms with Crippen LogP contribution in [0.25, 0.3) is 0 Å². The molecule has 3 heteroatoms. The lowest BCUT2D eigenvalue weighted by Gasteiger charge is -2.26. The summed E-state index contributed by atoms with van der Waals surface area (Å²) in [5.41, 5.74) is 3.51. The molecular weight excluding hydrogens is 364 g/mol. The molecule has 2 rings (SSSR count). The number of hydrogen-bond donors (Lipinski definition) is 1. The molecule has 1 aliphatic carbocycles. The lowest BCUT2D eigenvalue weighted by Crippen LogP contribution is -2.11. The summed E-state index contributed by atoms with van der Waals surface area (Å²) in [5, 5.41) is 10.9. The Hall–Kier alpha value is -0.960. The molecule has 0 amide bonds. The number of ether oxygens (including phenoxy) is 1. The maximum absolute atomic E-state index is 10.9. The first-order valence-corrected chi connectivity index (χ1v) is 10.1. The lowest BCUT2D eigenvalue weighted by atomic mass is 9.84. The summed E-state index contributed by atoms with van der Waals surface area (Å²) in [6.07, 6.45) is 10.3. The van der Waals surface area contributed by atoms with E-state index in [0.717, 1.165) is 47.0 Å². The van der Waals surface area contributed by atoms with Gasteiger partial charge in [0.05, 0.1) is 10.6 Å². The molecule has 0 bridgehead atoms. The van der Waals surface area contributed by atoms with Crippen LogP contribution in [0, 0.1) is 0 Å². The Kier molecular flexibility index (Phi) is 7.21. The van der Waals surface area contributed by atoms with Gasteiger partial charge in [-0.15, -0.1) is 0 Å². The number of phenolic OH excluding ortho intramolecular Hbond substituents is 1. The molecule has 134 valence electrons. The number of hydrogen-bond acceptors (Lipinski definition) is 2. The molecule has 1 aliphatic rings. The van der Waals surface area contributed by atoms with Gasteiger partial charge in [0.15, 0.2) is 0 Å². The Morgan fingerprint density at radius 2 is 2.08 bits per heavy atom. The van der Waals surface area contributed by atoms with Crippen molar-refractivity contribution in [3.63, 3.8) is 0 Å². The fourth-order valence-electron chi connectivity index (χ4n) is 3.48. The molecule has 0 spiro atoms. The van der Waals surface area contributed by atoms with E-state index >= 15 is 0 Å². The monoisotopic (exact) mass is 394 g/mol. The van der Waals surface area contributed by atoms with E-state index in [1.165, 1.54) is 24.8 Å². The number of aryl methyl sites for hydroxylation is 1. The minimum absolute atomic E-state index is 0.0986. The minimum atomic E-state index is 0.0986. The molecule has 0 saturated heterocycles. The van der Waals surface area contributed by atoms with Gasteiger partial charge in [0.1, 0.15) is 11.5 Å². The van der Waals surface area contributed by atoms with Gasteiger partial charge in [-0.05, 0) is 80.4 Å². The maximum atomic E-state index is 10.9. The second-order valence-corrected chi connectivity index (χ2v) is 8.04.